The summed E-state index contributed by atoms with van der Waals surface area (Å²) in [5, 5.41) is 25.6. The number of aliphatic carboxylic acids is 1. The summed E-state index contributed by atoms with van der Waals surface area (Å²) in [6.45, 7) is 0. The van der Waals surface area contributed by atoms with Crippen LogP contribution in [-0.4, -0.2) is 51.1 Å². The molecule has 1 aromatic heterocycles. The molecular weight excluding hydrogens is 484 g/mol. The summed E-state index contributed by atoms with van der Waals surface area (Å²) in [5.41, 5.74) is 9.45. The van der Waals surface area contributed by atoms with Gasteiger partial charge in [-0.15, -0.1) is 0 Å². The molecule has 4 aromatic rings. The van der Waals surface area contributed by atoms with Crippen LogP contribution in [0.15, 0.2) is 85.1 Å². The molecule has 196 valence electrons. The first-order valence-corrected chi connectivity index (χ1v) is 12.3. The van der Waals surface area contributed by atoms with Gasteiger partial charge in [-0.05, 0) is 41.3 Å². The minimum absolute atomic E-state index is 0.0633. The van der Waals surface area contributed by atoms with Crippen LogP contribution in [-0.2, 0) is 33.6 Å². The van der Waals surface area contributed by atoms with Crippen LogP contribution in [0.5, 0.6) is 5.75 Å². The van der Waals surface area contributed by atoms with Gasteiger partial charge in [0.05, 0.1) is 6.04 Å². The van der Waals surface area contributed by atoms with Crippen molar-refractivity contribution in [2.45, 2.75) is 37.4 Å². The lowest BCUT2D eigenvalue weighted by atomic mass is 10.0. The highest BCUT2D eigenvalue weighted by Crippen LogP contribution is 2.19. The van der Waals surface area contributed by atoms with E-state index >= 15 is 0 Å². The molecule has 3 aromatic carbocycles. The van der Waals surface area contributed by atoms with Crippen LogP contribution in [0, 0.1) is 0 Å². The van der Waals surface area contributed by atoms with Gasteiger partial charge in [-0.1, -0.05) is 60.7 Å². The Labute approximate surface area is 219 Å². The number of benzene rings is 3. The van der Waals surface area contributed by atoms with Gasteiger partial charge in [-0.3, -0.25) is 9.59 Å². The van der Waals surface area contributed by atoms with Crippen LogP contribution in [0.3, 0.4) is 0 Å². The zero-order valence-electron chi connectivity index (χ0n) is 20.6. The molecule has 0 saturated heterocycles. The number of carbonyl (C=O) groups excluding carboxylic acids is 2. The number of fused-ring (bicyclic) bond motifs is 1. The third-order valence-corrected chi connectivity index (χ3v) is 6.36. The predicted molar refractivity (Wildman–Crippen MR) is 143 cm³/mol. The maximum atomic E-state index is 13.3. The van der Waals surface area contributed by atoms with E-state index in [1.807, 2.05) is 30.3 Å². The van der Waals surface area contributed by atoms with Gasteiger partial charge in [-0.2, -0.15) is 0 Å². The number of hydrogen-bond acceptors (Lipinski definition) is 5. The fraction of sp³-hybridized carbons (Fsp3) is 0.207. The predicted octanol–water partition coefficient (Wildman–Crippen LogP) is 2.28. The average molecular weight is 515 g/mol. The highest BCUT2D eigenvalue weighted by atomic mass is 16.4. The Kier molecular flexibility index (Phi) is 8.40. The van der Waals surface area contributed by atoms with Gasteiger partial charge in [-0.25, -0.2) is 4.79 Å². The molecule has 38 heavy (non-hydrogen) atoms. The van der Waals surface area contributed by atoms with E-state index in [1.165, 1.54) is 12.1 Å². The molecular formula is C29H30N4O5. The number of nitrogens with two attached hydrogens (primary N) is 1. The number of hydrogen-bond donors (Lipinski definition) is 6. The van der Waals surface area contributed by atoms with Crippen LogP contribution in [0.2, 0.25) is 0 Å². The molecule has 9 heteroatoms. The number of nitrogens with one attached hydrogen (secondary N) is 3. The topological polar surface area (TPSA) is 158 Å². The third kappa shape index (κ3) is 6.77. The summed E-state index contributed by atoms with van der Waals surface area (Å²) in [7, 11) is 0. The van der Waals surface area contributed by atoms with Crippen molar-refractivity contribution in [1.82, 2.24) is 15.6 Å². The van der Waals surface area contributed by atoms with E-state index in [2.05, 4.69) is 15.6 Å². The fourth-order valence-electron chi connectivity index (χ4n) is 4.31. The van der Waals surface area contributed by atoms with Crippen LogP contribution in [0.1, 0.15) is 16.7 Å². The number of phenolic OH excluding ortho intramolecular Hbond substituents is 1. The van der Waals surface area contributed by atoms with E-state index in [4.69, 9.17) is 5.73 Å². The number of amides is 2. The maximum Gasteiger partial charge on any atom is 0.326 e. The molecule has 9 nitrogen and oxygen atoms in total. The van der Waals surface area contributed by atoms with E-state index in [0.29, 0.717) is 5.56 Å². The first-order chi connectivity index (χ1) is 18.3. The Hall–Kier alpha value is -4.63. The normalized spacial score (nSPS) is 13.4. The minimum atomic E-state index is -1.19. The van der Waals surface area contributed by atoms with E-state index in [0.717, 1.165) is 22.0 Å². The molecule has 0 unspecified atom stereocenters. The van der Waals surface area contributed by atoms with Gasteiger partial charge in [0, 0.05) is 29.9 Å². The number of aromatic nitrogens is 1. The van der Waals surface area contributed by atoms with Crippen molar-refractivity contribution >= 4 is 28.7 Å². The number of carboxylic acids is 1. The Morgan fingerprint density at radius 1 is 0.763 bits per heavy atom. The van der Waals surface area contributed by atoms with Crippen LogP contribution in [0.25, 0.3) is 10.9 Å². The molecule has 1 heterocycles. The molecule has 0 aliphatic carbocycles. The lowest BCUT2D eigenvalue weighted by Crippen LogP contribution is -2.55. The second-order valence-corrected chi connectivity index (χ2v) is 9.19. The average Bonchev–Trinajstić information content (AvgIpc) is 3.32. The summed E-state index contributed by atoms with van der Waals surface area (Å²) in [6.07, 6.45) is 2.21. The molecule has 2 amide bonds. The summed E-state index contributed by atoms with van der Waals surface area (Å²) in [5.74, 6) is -2.31. The Balaban J connectivity index is 1.49. The lowest BCUT2D eigenvalue weighted by Gasteiger charge is -2.23. The van der Waals surface area contributed by atoms with Gasteiger partial charge in [0.15, 0.2) is 0 Å². The molecule has 0 fully saturated rings. The number of aromatic amines is 1. The zero-order valence-corrected chi connectivity index (χ0v) is 20.6. The van der Waals surface area contributed by atoms with Crippen LogP contribution < -0.4 is 16.4 Å². The van der Waals surface area contributed by atoms with Gasteiger partial charge in [0.1, 0.15) is 17.8 Å². The summed E-state index contributed by atoms with van der Waals surface area (Å²) >= 11 is 0. The zero-order chi connectivity index (χ0) is 27.1. The quantitative estimate of drug-likeness (QED) is 0.180. The smallest absolute Gasteiger partial charge is 0.326 e. The Morgan fingerprint density at radius 3 is 2.08 bits per heavy atom. The number of H-pyrrole nitrogens is 1. The number of phenols is 1. The molecule has 7 N–H and O–H groups in total. The second kappa shape index (κ2) is 12.1. The largest absolute Gasteiger partial charge is 0.508 e. The number of carboxylic acid groups (broad SMARTS) is 1. The SMILES string of the molecule is N[C@@H](Cc1c[nH]c2ccccc12)C(=O)N[C@@H](Cc1ccc(O)cc1)C(=O)N[C@@H](Cc1ccccc1)C(=O)O. The summed E-state index contributed by atoms with van der Waals surface area (Å²) in [4.78, 5) is 41.5. The van der Waals surface area contributed by atoms with Crippen molar-refractivity contribution in [3.63, 3.8) is 0 Å². The van der Waals surface area contributed by atoms with Gasteiger partial charge in [0.2, 0.25) is 11.8 Å². The summed E-state index contributed by atoms with van der Waals surface area (Å²) in [6, 6.07) is 19.6. The van der Waals surface area contributed by atoms with E-state index < -0.39 is 35.9 Å². The van der Waals surface area contributed by atoms with Crippen LogP contribution in [0.4, 0.5) is 0 Å². The highest BCUT2D eigenvalue weighted by molar-refractivity contribution is 5.92. The van der Waals surface area contributed by atoms with Crippen molar-refractivity contribution in [3.05, 3.63) is 102 Å². The third-order valence-electron chi connectivity index (χ3n) is 6.36. The number of aromatic hydroxyl groups is 1. The highest BCUT2D eigenvalue weighted by Gasteiger charge is 2.28. The minimum Gasteiger partial charge on any atom is -0.508 e. The molecule has 0 spiro atoms. The maximum absolute atomic E-state index is 13.3. The fourth-order valence-corrected chi connectivity index (χ4v) is 4.31. The second-order valence-electron chi connectivity index (χ2n) is 9.19. The van der Waals surface area contributed by atoms with Gasteiger partial charge >= 0.3 is 5.97 Å². The van der Waals surface area contributed by atoms with Crippen LogP contribution >= 0.6 is 0 Å². The van der Waals surface area contributed by atoms with Crippen molar-refractivity contribution in [2.24, 2.45) is 5.73 Å². The van der Waals surface area contributed by atoms with Crippen molar-refractivity contribution in [1.29, 1.82) is 0 Å². The van der Waals surface area contributed by atoms with Gasteiger partial charge < -0.3 is 31.6 Å². The van der Waals surface area contributed by atoms with Gasteiger partial charge in [0.25, 0.3) is 0 Å². The first-order valence-electron chi connectivity index (χ1n) is 12.3. The first kappa shape index (κ1) is 26.4. The molecule has 0 radical (unpaired) electrons. The molecule has 3 atom stereocenters. The number of para-hydroxylation sites is 1. The Morgan fingerprint density at radius 2 is 1.37 bits per heavy atom. The monoisotopic (exact) mass is 514 g/mol. The summed E-state index contributed by atoms with van der Waals surface area (Å²) < 4.78 is 0. The van der Waals surface area contributed by atoms with Crippen molar-refractivity contribution in [2.75, 3.05) is 0 Å². The number of rotatable bonds is 11. The standard InChI is InChI=1S/C29H30N4O5/c30-23(16-20-17-31-24-9-5-4-8-22(20)24)27(35)32-25(14-19-10-12-21(34)13-11-19)28(36)33-26(29(37)38)15-18-6-2-1-3-7-18/h1-13,17,23,25-26,31,34H,14-16,30H2,(H,32,35)(H,33,36)(H,37,38)/t23-,25-,26-/m0/s1. The van der Waals surface area contributed by atoms with Crippen molar-refractivity contribution < 1.29 is 24.6 Å². The van der Waals surface area contributed by atoms with E-state index in [-0.39, 0.29) is 25.0 Å². The molecule has 4 rings (SSSR count). The van der Waals surface area contributed by atoms with E-state index in [1.54, 1.807) is 42.6 Å². The number of carbonyl (C=O) groups is 3. The molecule has 0 saturated carbocycles. The lowest BCUT2D eigenvalue weighted by molar-refractivity contribution is -0.142. The Bertz CT molecular complexity index is 1400. The molecule has 0 aliphatic heterocycles. The van der Waals surface area contributed by atoms with E-state index in [9.17, 15) is 24.6 Å². The van der Waals surface area contributed by atoms with Crippen molar-refractivity contribution in [3.8, 4) is 5.75 Å². The molecule has 0 aliphatic rings. The molecule has 0 bridgehead atoms.